The number of halogens is 3. The van der Waals surface area contributed by atoms with Crippen molar-refractivity contribution in [1.29, 1.82) is 0 Å². The van der Waals surface area contributed by atoms with E-state index in [4.69, 9.17) is 0 Å². The van der Waals surface area contributed by atoms with Crippen LogP contribution < -0.4 is 4.90 Å². The van der Waals surface area contributed by atoms with Gasteiger partial charge in [0.05, 0.1) is 11.4 Å². The third kappa shape index (κ3) is 3.72. The number of benzene rings is 1. The fraction of sp³-hybridized carbons (Fsp3) is 0.294. The van der Waals surface area contributed by atoms with Crippen LogP contribution >= 0.6 is 0 Å². The molecule has 1 aliphatic rings. The maximum Gasteiger partial charge on any atom is 0.412 e. The number of sulfone groups is 1. The fourth-order valence-corrected chi connectivity index (χ4v) is 3.26. The maximum absolute atomic E-state index is 13.2. The normalized spacial score (nSPS) is 18.1. The minimum Gasteiger partial charge on any atom is -0.324 e. The largest absolute Gasteiger partial charge is 0.412 e. The van der Waals surface area contributed by atoms with E-state index in [2.05, 4.69) is 9.98 Å². The number of hydrogen-bond acceptors (Lipinski definition) is 5. The second-order valence-electron chi connectivity index (χ2n) is 6.08. The second-order valence-corrected chi connectivity index (χ2v) is 8.09. The summed E-state index contributed by atoms with van der Waals surface area (Å²) in [5.74, 6) is 0.159. The monoisotopic (exact) mass is 383 g/mol. The van der Waals surface area contributed by atoms with Crippen LogP contribution in [-0.2, 0) is 9.84 Å². The van der Waals surface area contributed by atoms with Crippen LogP contribution in [0.3, 0.4) is 0 Å². The third-order valence-electron chi connectivity index (χ3n) is 4.01. The molecule has 0 saturated carbocycles. The SMILES string of the molecule is Cc1ccc(C2=NC(C(F)(F)F)CN2c2ccc(S(C)(=O)=O)cc2)cn1. The highest BCUT2D eigenvalue weighted by Crippen LogP contribution is 2.32. The van der Waals surface area contributed by atoms with Gasteiger partial charge in [-0.25, -0.2) is 8.42 Å². The van der Waals surface area contributed by atoms with Gasteiger partial charge in [0.1, 0.15) is 5.84 Å². The quantitative estimate of drug-likeness (QED) is 0.818. The van der Waals surface area contributed by atoms with Gasteiger partial charge in [0, 0.05) is 29.4 Å². The number of amidine groups is 1. The highest BCUT2D eigenvalue weighted by atomic mass is 32.2. The molecule has 2 heterocycles. The molecule has 1 aromatic carbocycles. The lowest BCUT2D eigenvalue weighted by atomic mass is 10.2. The minimum atomic E-state index is -4.47. The molecule has 0 N–H and O–H groups in total. The van der Waals surface area contributed by atoms with Gasteiger partial charge in [-0.2, -0.15) is 13.2 Å². The number of alkyl halides is 3. The van der Waals surface area contributed by atoms with Crippen LogP contribution in [0.2, 0.25) is 0 Å². The predicted octanol–water partition coefficient (Wildman–Crippen LogP) is 2.99. The molecule has 0 amide bonds. The number of hydrogen-bond donors (Lipinski definition) is 0. The van der Waals surface area contributed by atoms with Crippen molar-refractivity contribution in [2.24, 2.45) is 4.99 Å². The molecule has 0 aliphatic carbocycles. The average molecular weight is 383 g/mol. The van der Waals surface area contributed by atoms with Crippen molar-refractivity contribution in [2.75, 3.05) is 17.7 Å². The first-order chi connectivity index (χ1) is 12.1. The summed E-state index contributed by atoms with van der Waals surface area (Å²) in [5.41, 5.74) is 1.64. The first kappa shape index (κ1) is 18.4. The van der Waals surface area contributed by atoms with Crippen molar-refractivity contribution in [3.8, 4) is 0 Å². The zero-order valence-electron chi connectivity index (χ0n) is 14.0. The van der Waals surface area contributed by atoms with Gasteiger partial charge in [-0.05, 0) is 43.3 Å². The highest BCUT2D eigenvalue weighted by molar-refractivity contribution is 7.90. The molecule has 3 rings (SSSR count). The molecule has 0 radical (unpaired) electrons. The number of anilines is 1. The molecule has 1 aromatic heterocycles. The van der Waals surface area contributed by atoms with Crippen molar-refractivity contribution in [3.05, 3.63) is 53.9 Å². The Balaban J connectivity index is 2.01. The fourth-order valence-electron chi connectivity index (χ4n) is 2.63. The van der Waals surface area contributed by atoms with Gasteiger partial charge in [0.25, 0.3) is 0 Å². The molecule has 26 heavy (non-hydrogen) atoms. The molecule has 0 saturated heterocycles. The number of nitrogens with zero attached hydrogens (tertiary/aromatic N) is 3. The molecule has 9 heteroatoms. The molecular weight excluding hydrogens is 367 g/mol. The van der Waals surface area contributed by atoms with Gasteiger partial charge < -0.3 is 4.90 Å². The summed E-state index contributed by atoms with van der Waals surface area (Å²) < 4.78 is 62.7. The molecule has 1 unspecified atom stereocenters. The zero-order valence-corrected chi connectivity index (χ0v) is 14.8. The van der Waals surface area contributed by atoms with Gasteiger partial charge in [-0.3, -0.25) is 9.98 Å². The van der Waals surface area contributed by atoms with Crippen LogP contribution in [-0.4, -0.2) is 44.3 Å². The first-order valence-electron chi connectivity index (χ1n) is 7.71. The number of aromatic nitrogens is 1. The Bertz CT molecular complexity index is 937. The molecule has 1 aliphatic heterocycles. The first-order valence-corrected chi connectivity index (χ1v) is 9.60. The van der Waals surface area contributed by atoms with E-state index < -0.39 is 22.1 Å². The van der Waals surface area contributed by atoms with Gasteiger partial charge in [-0.15, -0.1) is 0 Å². The Morgan fingerprint density at radius 2 is 1.77 bits per heavy atom. The topological polar surface area (TPSA) is 62.6 Å². The van der Waals surface area contributed by atoms with E-state index in [9.17, 15) is 21.6 Å². The van der Waals surface area contributed by atoms with Crippen LogP contribution in [0.15, 0.2) is 52.5 Å². The molecule has 0 spiro atoms. The van der Waals surface area contributed by atoms with Crippen LogP contribution in [0.25, 0.3) is 0 Å². The van der Waals surface area contributed by atoms with Crippen molar-refractivity contribution < 1.29 is 21.6 Å². The van der Waals surface area contributed by atoms with E-state index in [1.807, 2.05) is 0 Å². The molecule has 138 valence electrons. The summed E-state index contributed by atoms with van der Waals surface area (Å²) in [7, 11) is -3.39. The lowest BCUT2D eigenvalue weighted by Crippen LogP contribution is -2.35. The number of rotatable bonds is 3. The van der Waals surface area contributed by atoms with Gasteiger partial charge in [0.2, 0.25) is 0 Å². The molecule has 2 aromatic rings. The van der Waals surface area contributed by atoms with Gasteiger partial charge in [0.15, 0.2) is 15.9 Å². The number of aliphatic imine (C=N–C) groups is 1. The van der Waals surface area contributed by atoms with E-state index in [-0.39, 0.29) is 17.3 Å². The lowest BCUT2D eigenvalue weighted by Gasteiger charge is -2.22. The van der Waals surface area contributed by atoms with E-state index in [1.54, 1.807) is 19.1 Å². The van der Waals surface area contributed by atoms with E-state index >= 15 is 0 Å². The Morgan fingerprint density at radius 1 is 1.12 bits per heavy atom. The summed E-state index contributed by atoms with van der Waals surface area (Å²) in [5, 5.41) is 0. The zero-order chi connectivity index (χ0) is 19.1. The van der Waals surface area contributed by atoms with E-state index in [0.717, 1.165) is 11.9 Å². The van der Waals surface area contributed by atoms with Gasteiger partial charge >= 0.3 is 6.18 Å². The Kier molecular flexibility index (Phi) is 4.51. The molecule has 5 nitrogen and oxygen atoms in total. The van der Waals surface area contributed by atoms with Crippen LogP contribution in [0.1, 0.15) is 11.3 Å². The number of pyridine rings is 1. The van der Waals surface area contributed by atoms with Crippen LogP contribution in [0.4, 0.5) is 18.9 Å². The summed E-state index contributed by atoms with van der Waals surface area (Å²) in [6, 6.07) is 7.21. The molecular formula is C17H16F3N3O2S. The molecule has 0 fully saturated rings. The molecule has 1 atom stereocenters. The second kappa shape index (κ2) is 6.39. The summed E-state index contributed by atoms with van der Waals surface area (Å²) in [6.07, 6.45) is -1.92. The summed E-state index contributed by atoms with van der Waals surface area (Å²) in [4.78, 5) is 9.49. The van der Waals surface area contributed by atoms with Crippen molar-refractivity contribution in [1.82, 2.24) is 4.98 Å². The van der Waals surface area contributed by atoms with Crippen molar-refractivity contribution >= 4 is 21.4 Å². The van der Waals surface area contributed by atoms with E-state index in [1.165, 1.54) is 35.4 Å². The maximum atomic E-state index is 13.2. The van der Waals surface area contributed by atoms with Crippen molar-refractivity contribution in [3.63, 3.8) is 0 Å². The Hall–Kier alpha value is -2.42. The average Bonchev–Trinajstić information content (AvgIpc) is 3.00. The summed E-state index contributed by atoms with van der Waals surface area (Å²) in [6.45, 7) is 1.41. The van der Waals surface area contributed by atoms with E-state index in [0.29, 0.717) is 11.3 Å². The van der Waals surface area contributed by atoms with Crippen molar-refractivity contribution in [2.45, 2.75) is 24.0 Å². The number of aryl methyl sites for hydroxylation is 1. The predicted molar refractivity (Wildman–Crippen MR) is 92.3 cm³/mol. The molecule has 0 bridgehead atoms. The van der Waals surface area contributed by atoms with Gasteiger partial charge in [-0.1, -0.05) is 0 Å². The minimum absolute atomic E-state index is 0.100. The third-order valence-corrected chi connectivity index (χ3v) is 5.14. The van der Waals surface area contributed by atoms with Crippen LogP contribution in [0.5, 0.6) is 0 Å². The lowest BCUT2D eigenvalue weighted by molar-refractivity contribution is -0.142. The smallest absolute Gasteiger partial charge is 0.324 e. The highest BCUT2D eigenvalue weighted by Gasteiger charge is 2.45. The van der Waals surface area contributed by atoms with Crippen LogP contribution in [0, 0.1) is 6.92 Å². The summed E-state index contributed by atoms with van der Waals surface area (Å²) >= 11 is 0. The standard InChI is InChI=1S/C17H16F3N3O2S/c1-11-3-4-12(9-21-11)16-22-15(17(18,19)20)10-23(16)13-5-7-14(8-6-13)26(2,24)25/h3-9,15H,10H2,1-2H3. The Labute approximate surface area is 149 Å². The Morgan fingerprint density at radius 3 is 2.27 bits per heavy atom.